The molecule has 1 rings (SSSR count). The van der Waals surface area contributed by atoms with Gasteiger partial charge in [-0.25, -0.2) is 0 Å². The molecule has 0 bridgehead atoms. The van der Waals surface area contributed by atoms with Crippen LogP contribution in [0.4, 0.5) is 0 Å². The molecule has 0 aromatic rings. The summed E-state index contributed by atoms with van der Waals surface area (Å²) in [5.74, 6) is 0.876. The van der Waals surface area contributed by atoms with Crippen molar-refractivity contribution in [1.82, 2.24) is 5.32 Å². The molecular formula is C16H32N2O. The molecule has 0 aliphatic heterocycles. The van der Waals surface area contributed by atoms with Crippen molar-refractivity contribution in [2.75, 3.05) is 6.54 Å². The SMILES string of the molecule is CCCCC(CC)CNC(=O)C1CCCCCC1N. The molecule has 19 heavy (non-hydrogen) atoms. The molecule has 3 unspecified atom stereocenters. The van der Waals surface area contributed by atoms with Gasteiger partial charge in [0.25, 0.3) is 0 Å². The molecule has 3 N–H and O–H groups in total. The first-order chi connectivity index (χ1) is 9.19. The molecule has 3 nitrogen and oxygen atoms in total. The summed E-state index contributed by atoms with van der Waals surface area (Å²) in [6, 6.07) is 0.0678. The minimum Gasteiger partial charge on any atom is -0.356 e. The summed E-state index contributed by atoms with van der Waals surface area (Å²) in [5, 5.41) is 3.15. The number of rotatable bonds is 7. The summed E-state index contributed by atoms with van der Waals surface area (Å²) in [5.41, 5.74) is 6.14. The first-order valence-corrected chi connectivity index (χ1v) is 8.22. The minimum atomic E-state index is 0.0474. The van der Waals surface area contributed by atoms with E-state index in [0.29, 0.717) is 5.92 Å². The molecule has 1 aliphatic rings. The number of hydrogen-bond donors (Lipinski definition) is 2. The zero-order valence-electron chi connectivity index (χ0n) is 12.8. The second kappa shape index (κ2) is 9.35. The van der Waals surface area contributed by atoms with E-state index < -0.39 is 0 Å². The number of amides is 1. The van der Waals surface area contributed by atoms with E-state index in [-0.39, 0.29) is 17.9 Å². The molecule has 1 fully saturated rings. The number of carbonyl (C=O) groups excluding carboxylic acids is 1. The first kappa shape index (κ1) is 16.5. The number of unbranched alkanes of at least 4 members (excludes halogenated alkanes) is 1. The smallest absolute Gasteiger partial charge is 0.224 e. The van der Waals surface area contributed by atoms with E-state index in [2.05, 4.69) is 19.2 Å². The van der Waals surface area contributed by atoms with Crippen molar-refractivity contribution < 1.29 is 4.79 Å². The van der Waals surface area contributed by atoms with Crippen LogP contribution in [0.1, 0.15) is 71.6 Å². The molecule has 0 heterocycles. The molecule has 3 atom stereocenters. The molecule has 1 saturated carbocycles. The molecule has 112 valence electrons. The Morgan fingerprint density at radius 2 is 2.00 bits per heavy atom. The fourth-order valence-electron chi connectivity index (χ4n) is 2.98. The maximum Gasteiger partial charge on any atom is 0.224 e. The van der Waals surface area contributed by atoms with Gasteiger partial charge < -0.3 is 11.1 Å². The van der Waals surface area contributed by atoms with Crippen LogP contribution < -0.4 is 11.1 Å². The van der Waals surface area contributed by atoms with Crippen LogP contribution in [0.25, 0.3) is 0 Å². The van der Waals surface area contributed by atoms with Gasteiger partial charge in [-0.15, -0.1) is 0 Å². The Morgan fingerprint density at radius 1 is 1.26 bits per heavy atom. The van der Waals surface area contributed by atoms with Crippen molar-refractivity contribution in [2.45, 2.75) is 77.7 Å². The van der Waals surface area contributed by atoms with Crippen molar-refractivity contribution in [3.63, 3.8) is 0 Å². The Bertz CT molecular complexity index is 255. The third-order valence-corrected chi connectivity index (χ3v) is 4.51. The molecule has 0 spiro atoms. The van der Waals surface area contributed by atoms with E-state index in [9.17, 15) is 4.79 Å². The second-order valence-electron chi connectivity index (χ2n) is 6.07. The number of carbonyl (C=O) groups is 1. The van der Waals surface area contributed by atoms with Gasteiger partial charge in [0, 0.05) is 12.6 Å². The maximum absolute atomic E-state index is 12.3. The highest BCUT2D eigenvalue weighted by atomic mass is 16.1. The minimum absolute atomic E-state index is 0.0474. The van der Waals surface area contributed by atoms with Crippen LogP contribution in [0.15, 0.2) is 0 Å². The summed E-state index contributed by atoms with van der Waals surface area (Å²) in [7, 11) is 0. The quantitative estimate of drug-likeness (QED) is 0.697. The fourth-order valence-corrected chi connectivity index (χ4v) is 2.98. The van der Waals surface area contributed by atoms with Crippen molar-refractivity contribution in [2.24, 2.45) is 17.6 Å². The van der Waals surface area contributed by atoms with Crippen LogP contribution in [-0.2, 0) is 4.79 Å². The number of nitrogens with one attached hydrogen (secondary N) is 1. The van der Waals surface area contributed by atoms with Crippen LogP contribution in [0, 0.1) is 11.8 Å². The molecular weight excluding hydrogens is 236 g/mol. The zero-order valence-corrected chi connectivity index (χ0v) is 12.8. The Hall–Kier alpha value is -0.570. The summed E-state index contributed by atoms with van der Waals surface area (Å²) in [6.07, 6.45) is 10.4. The monoisotopic (exact) mass is 268 g/mol. The Labute approximate surface area is 118 Å². The largest absolute Gasteiger partial charge is 0.356 e. The molecule has 0 saturated heterocycles. The van der Waals surface area contributed by atoms with E-state index in [1.807, 2.05) is 0 Å². The lowest BCUT2D eigenvalue weighted by Crippen LogP contribution is -2.42. The van der Waals surface area contributed by atoms with E-state index in [0.717, 1.165) is 32.2 Å². The molecule has 0 aromatic heterocycles. The van der Waals surface area contributed by atoms with Crippen LogP contribution in [0.5, 0.6) is 0 Å². The Kier molecular flexibility index (Phi) is 8.11. The van der Waals surface area contributed by atoms with Crippen molar-refractivity contribution in [3.8, 4) is 0 Å². The van der Waals surface area contributed by atoms with Gasteiger partial charge in [0.05, 0.1) is 5.92 Å². The molecule has 3 heteroatoms. The molecule has 0 aromatic carbocycles. The average Bonchev–Trinajstić information content (AvgIpc) is 2.63. The van der Waals surface area contributed by atoms with Crippen LogP contribution in [-0.4, -0.2) is 18.5 Å². The van der Waals surface area contributed by atoms with Gasteiger partial charge in [-0.3, -0.25) is 4.79 Å². The van der Waals surface area contributed by atoms with Crippen molar-refractivity contribution in [1.29, 1.82) is 0 Å². The molecule has 1 aliphatic carbocycles. The second-order valence-corrected chi connectivity index (χ2v) is 6.07. The average molecular weight is 268 g/mol. The lowest BCUT2D eigenvalue weighted by Gasteiger charge is -2.22. The molecule has 1 amide bonds. The topological polar surface area (TPSA) is 55.1 Å². The van der Waals surface area contributed by atoms with E-state index in [4.69, 9.17) is 5.73 Å². The number of hydrogen-bond acceptors (Lipinski definition) is 2. The van der Waals surface area contributed by atoms with Gasteiger partial charge in [-0.05, 0) is 25.2 Å². The lowest BCUT2D eigenvalue weighted by molar-refractivity contribution is -0.126. The highest BCUT2D eigenvalue weighted by Gasteiger charge is 2.26. The third kappa shape index (κ3) is 5.94. The summed E-state index contributed by atoms with van der Waals surface area (Å²) < 4.78 is 0. The Balaban J connectivity index is 2.35. The zero-order chi connectivity index (χ0) is 14.1. The number of nitrogens with two attached hydrogens (primary N) is 1. The van der Waals surface area contributed by atoms with Gasteiger partial charge >= 0.3 is 0 Å². The lowest BCUT2D eigenvalue weighted by atomic mass is 9.93. The van der Waals surface area contributed by atoms with Gasteiger partial charge in [-0.1, -0.05) is 52.4 Å². The highest BCUT2D eigenvalue weighted by Crippen LogP contribution is 2.22. The predicted octanol–water partition coefficient (Wildman–Crippen LogP) is 3.23. The fraction of sp³-hybridized carbons (Fsp3) is 0.938. The maximum atomic E-state index is 12.3. The standard InChI is InChI=1S/C16H32N2O/c1-3-5-9-13(4-2)12-18-16(19)14-10-7-6-8-11-15(14)17/h13-15H,3-12,17H2,1-2H3,(H,18,19). The summed E-state index contributed by atoms with van der Waals surface area (Å²) in [4.78, 5) is 12.3. The van der Waals surface area contributed by atoms with Crippen LogP contribution >= 0.6 is 0 Å². The van der Waals surface area contributed by atoms with Crippen LogP contribution in [0.2, 0.25) is 0 Å². The Morgan fingerprint density at radius 3 is 2.68 bits per heavy atom. The first-order valence-electron chi connectivity index (χ1n) is 8.22. The highest BCUT2D eigenvalue weighted by molar-refractivity contribution is 5.79. The predicted molar refractivity (Wildman–Crippen MR) is 80.9 cm³/mol. The van der Waals surface area contributed by atoms with Crippen LogP contribution in [0.3, 0.4) is 0 Å². The van der Waals surface area contributed by atoms with Gasteiger partial charge in [-0.2, -0.15) is 0 Å². The third-order valence-electron chi connectivity index (χ3n) is 4.51. The van der Waals surface area contributed by atoms with Gasteiger partial charge in [0.1, 0.15) is 0 Å². The van der Waals surface area contributed by atoms with E-state index in [1.54, 1.807) is 0 Å². The summed E-state index contributed by atoms with van der Waals surface area (Å²) in [6.45, 7) is 5.26. The van der Waals surface area contributed by atoms with E-state index in [1.165, 1.54) is 32.1 Å². The normalized spacial score (nSPS) is 25.6. The summed E-state index contributed by atoms with van der Waals surface area (Å²) >= 11 is 0. The van der Waals surface area contributed by atoms with Crippen molar-refractivity contribution in [3.05, 3.63) is 0 Å². The molecule has 0 radical (unpaired) electrons. The van der Waals surface area contributed by atoms with E-state index >= 15 is 0 Å². The van der Waals surface area contributed by atoms with Gasteiger partial charge in [0.2, 0.25) is 5.91 Å². The van der Waals surface area contributed by atoms with Gasteiger partial charge in [0.15, 0.2) is 0 Å². The van der Waals surface area contributed by atoms with Crippen molar-refractivity contribution >= 4 is 5.91 Å².